The molecule has 4 aliphatic rings. The van der Waals surface area contributed by atoms with Gasteiger partial charge in [-0.25, -0.2) is 0 Å². The van der Waals surface area contributed by atoms with Gasteiger partial charge in [-0.05, 0) is 57.0 Å². The number of carbonyl (C=O) groups is 4. The fraction of sp³-hybridized carbons (Fsp3) is 0.636. The summed E-state index contributed by atoms with van der Waals surface area (Å²) >= 11 is 0. The first-order valence-corrected chi connectivity index (χ1v) is 16.2. The van der Waals surface area contributed by atoms with Crippen molar-refractivity contribution in [3.05, 3.63) is 35.1 Å². The Balaban J connectivity index is 1.44. The van der Waals surface area contributed by atoms with E-state index in [1.165, 1.54) is 0 Å². The van der Waals surface area contributed by atoms with Crippen LogP contribution in [-0.4, -0.2) is 90.5 Å². The van der Waals surface area contributed by atoms with Crippen LogP contribution in [0.25, 0.3) is 0 Å². The molecule has 2 heterocycles. The van der Waals surface area contributed by atoms with Gasteiger partial charge in [0.1, 0.15) is 23.4 Å². The van der Waals surface area contributed by atoms with Gasteiger partial charge in [0.2, 0.25) is 0 Å². The number of ether oxygens (including phenoxy) is 5. The molecule has 2 aliphatic heterocycles. The van der Waals surface area contributed by atoms with Gasteiger partial charge in [-0.1, -0.05) is 32.8 Å². The van der Waals surface area contributed by atoms with Crippen molar-refractivity contribution in [1.29, 1.82) is 0 Å². The van der Waals surface area contributed by atoms with Crippen LogP contribution in [0.4, 0.5) is 0 Å². The first-order valence-electron chi connectivity index (χ1n) is 16.2. The number of phenolic OH excluding ortho intramolecular Hbond substituents is 1. The van der Waals surface area contributed by atoms with Gasteiger partial charge in [-0.15, -0.1) is 0 Å². The topological polar surface area (TPSA) is 190 Å². The first-order chi connectivity index (χ1) is 22.0. The Bertz CT molecular complexity index is 1400. The number of likely N-dealkylation sites (N-methyl/N-ethyl adjacent to an activating group) is 1. The molecule has 0 unspecified atom stereocenters. The second-order valence-corrected chi connectivity index (χ2v) is 12.7. The molecule has 1 spiro atoms. The average molecular weight is 644 g/mol. The molecular weight excluding hydrogens is 598 g/mol. The van der Waals surface area contributed by atoms with Gasteiger partial charge in [-0.2, -0.15) is 0 Å². The number of nitrogens with two attached hydrogens (primary N) is 2. The summed E-state index contributed by atoms with van der Waals surface area (Å²) in [4.78, 5) is 53.6. The first kappa shape index (κ1) is 33.7. The van der Waals surface area contributed by atoms with E-state index >= 15 is 0 Å². The molecule has 1 saturated heterocycles. The molecule has 46 heavy (non-hydrogen) atoms. The van der Waals surface area contributed by atoms with Crippen LogP contribution in [0.3, 0.4) is 0 Å². The summed E-state index contributed by atoms with van der Waals surface area (Å²) in [6, 6.07) is 0.708. The highest BCUT2D eigenvalue weighted by Gasteiger charge is 2.74. The van der Waals surface area contributed by atoms with Crippen LogP contribution in [-0.2, 0) is 50.0 Å². The molecule has 2 aliphatic carbocycles. The van der Waals surface area contributed by atoms with Gasteiger partial charge >= 0.3 is 23.9 Å². The smallest absolute Gasteiger partial charge is 0.323 e. The molecule has 0 aromatic heterocycles. The van der Waals surface area contributed by atoms with E-state index in [4.69, 9.17) is 35.2 Å². The Morgan fingerprint density at radius 1 is 1.02 bits per heavy atom. The van der Waals surface area contributed by atoms with Crippen LogP contribution in [0.15, 0.2) is 24.0 Å². The fourth-order valence-electron chi connectivity index (χ4n) is 7.40. The second kappa shape index (κ2) is 13.6. The van der Waals surface area contributed by atoms with E-state index in [2.05, 4.69) is 4.90 Å². The van der Waals surface area contributed by atoms with Crippen LogP contribution in [0.1, 0.15) is 76.3 Å². The van der Waals surface area contributed by atoms with Gasteiger partial charge < -0.3 is 40.3 Å². The van der Waals surface area contributed by atoms with Crippen LogP contribution < -0.4 is 16.2 Å². The van der Waals surface area contributed by atoms with Crippen molar-refractivity contribution in [2.24, 2.45) is 11.5 Å². The maximum absolute atomic E-state index is 13.6. The molecule has 6 atom stereocenters. The molecule has 5 N–H and O–H groups in total. The average Bonchev–Trinajstić information content (AvgIpc) is 3.37. The molecule has 0 radical (unpaired) electrons. The monoisotopic (exact) mass is 643 g/mol. The zero-order valence-corrected chi connectivity index (χ0v) is 26.8. The molecule has 2 bridgehead atoms. The number of nitrogens with zero attached hydrogens (tertiary/aromatic N) is 1. The minimum absolute atomic E-state index is 0.0838. The summed E-state index contributed by atoms with van der Waals surface area (Å²) in [7, 11) is 1.96. The maximum Gasteiger partial charge on any atom is 0.323 e. The maximum atomic E-state index is 13.6. The van der Waals surface area contributed by atoms with Crippen LogP contribution in [0.2, 0.25) is 0 Å². The van der Waals surface area contributed by atoms with Gasteiger partial charge in [0.05, 0.1) is 37.5 Å². The number of esters is 4. The normalized spacial score (nSPS) is 26.9. The molecule has 0 amide bonds. The molecule has 5 rings (SSSR count). The van der Waals surface area contributed by atoms with Crippen LogP contribution >= 0.6 is 0 Å². The number of rotatable bonds is 14. The Kier molecular flexibility index (Phi) is 9.95. The molecule has 13 nitrogen and oxygen atoms in total. The molecule has 0 saturated carbocycles. The van der Waals surface area contributed by atoms with E-state index in [1.807, 2.05) is 27.0 Å². The molecule has 252 valence electrons. The Labute approximate surface area is 268 Å². The number of unbranched alkanes of at least 4 members (excludes halogenated alkanes) is 2. The Morgan fingerprint density at radius 2 is 1.65 bits per heavy atom. The van der Waals surface area contributed by atoms with E-state index in [1.54, 1.807) is 12.1 Å². The number of aromatic hydroxyl groups is 1. The summed E-state index contributed by atoms with van der Waals surface area (Å²) in [5, 5.41) is 10.9. The number of hydrogen-bond acceptors (Lipinski definition) is 13. The highest BCUT2D eigenvalue weighted by Crippen LogP contribution is 2.66. The highest BCUT2D eigenvalue weighted by atomic mass is 16.6. The molecule has 1 aromatic carbocycles. The molecule has 1 aromatic rings. The van der Waals surface area contributed by atoms with Crippen molar-refractivity contribution in [2.75, 3.05) is 26.8 Å². The minimum atomic E-state index is -1.20. The van der Waals surface area contributed by atoms with Crippen molar-refractivity contribution in [3.8, 4) is 11.5 Å². The molecule has 1 fully saturated rings. The van der Waals surface area contributed by atoms with Gasteiger partial charge in [0.15, 0.2) is 17.6 Å². The van der Waals surface area contributed by atoms with Crippen molar-refractivity contribution in [3.63, 3.8) is 0 Å². The van der Waals surface area contributed by atoms with Gasteiger partial charge in [0.25, 0.3) is 0 Å². The van der Waals surface area contributed by atoms with Gasteiger partial charge in [0, 0.05) is 12.0 Å². The third-order valence-corrected chi connectivity index (χ3v) is 9.71. The third-order valence-electron chi connectivity index (χ3n) is 9.71. The Hall–Kier alpha value is -3.68. The zero-order valence-electron chi connectivity index (χ0n) is 26.8. The van der Waals surface area contributed by atoms with Crippen molar-refractivity contribution in [1.82, 2.24) is 4.90 Å². The predicted molar refractivity (Wildman–Crippen MR) is 163 cm³/mol. The van der Waals surface area contributed by atoms with Crippen molar-refractivity contribution < 1.29 is 48.0 Å². The SMILES string of the molecule is CCCCOC(=O)[C@@H](N)CC(=O)OC1=CC[C@@]2(OC(=O)C[C@H](N)C(=O)OCCCC)[C@H]3Cc4ccc(O)c5c4[C@@]2(CCN3C)[C@H]1O5. The predicted octanol–water partition coefficient (Wildman–Crippen LogP) is 1.89. The van der Waals surface area contributed by atoms with E-state index in [9.17, 15) is 24.3 Å². The number of benzene rings is 1. The Morgan fingerprint density at radius 3 is 2.28 bits per heavy atom. The van der Waals surface area contributed by atoms with Crippen LogP contribution in [0, 0.1) is 0 Å². The van der Waals surface area contributed by atoms with E-state index < -0.39 is 59.5 Å². The van der Waals surface area contributed by atoms with E-state index in [0.29, 0.717) is 32.2 Å². The lowest BCUT2D eigenvalue weighted by atomic mass is 9.50. The van der Waals surface area contributed by atoms with Gasteiger partial charge in [-0.3, -0.25) is 24.1 Å². The number of phenols is 1. The van der Waals surface area contributed by atoms with Crippen LogP contribution in [0.5, 0.6) is 11.5 Å². The summed E-state index contributed by atoms with van der Waals surface area (Å²) in [6.07, 6.45) is 4.10. The number of hydrogen-bond donors (Lipinski definition) is 3. The third kappa shape index (κ3) is 5.84. The lowest BCUT2D eigenvalue weighted by Gasteiger charge is -2.62. The van der Waals surface area contributed by atoms with E-state index in [0.717, 1.165) is 24.0 Å². The fourth-order valence-corrected chi connectivity index (χ4v) is 7.40. The van der Waals surface area contributed by atoms with Crippen molar-refractivity contribution >= 4 is 23.9 Å². The zero-order chi connectivity index (χ0) is 33.2. The largest absolute Gasteiger partial charge is 0.504 e. The molecule has 13 heteroatoms. The summed E-state index contributed by atoms with van der Waals surface area (Å²) in [5.41, 5.74) is 11.4. The standard InChI is InChI=1S/C33H45N3O10/c1-4-6-14-42-30(40)20(34)17-25(38)44-23-10-11-33(46-26(39)18-21(35)31(41)43-15-7-5-2)24-16-19-8-9-22(37)28-27(19)32(33,29(23)45-28)12-13-36(24)3/h8-10,20-21,24,29,37H,4-7,11-18,34-35H2,1-3H3/t20-,21-,24+,29-,32-,33+/m0/s1. The number of likely N-dealkylation sites (tertiary alicyclic amines) is 1. The highest BCUT2D eigenvalue weighted by molar-refractivity contribution is 5.84. The minimum Gasteiger partial charge on any atom is -0.504 e. The number of carbonyl (C=O) groups excluding carboxylic acids is 4. The quantitative estimate of drug-likeness (QED) is 0.151. The summed E-state index contributed by atoms with van der Waals surface area (Å²) in [6.45, 7) is 4.97. The van der Waals surface area contributed by atoms with Crippen molar-refractivity contribution in [2.45, 2.75) is 107 Å². The van der Waals surface area contributed by atoms with E-state index in [-0.39, 0.29) is 49.4 Å². The second-order valence-electron chi connectivity index (χ2n) is 12.7. The lowest BCUT2D eigenvalue weighted by Crippen LogP contribution is -2.75. The number of piperidine rings is 1. The lowest BCUT2D eigenvalue weighted by molar-refractivity contribution is -0.206. The summed E-state index contributed by atoms with van der Waals surface area (Å²) < 4.78 is 29.1. The summed E-state index contributed by atoms with van der Waals surface area (Å²) in [5.74, 6) is -2.43. The molecular formula is C33H45N3O10.